The molecule has 1 aliphatic heterocycles. The van der Waals surface area contributed by atoms with Crippen LogP contribution in [0.2, 0.25) is 0 Å². The van der Waals surface area contributed by atoms with Crippen LogP contribution < -0.4 is 10.1 Å². The van der Waals surface area contributed by atoms with Crippen LogP contribution in [0.15, 0.2) is 53.5 Å². The van der Waals surface area contributed by atoms with Crippen molar-refractivity contribution in [1.82, 2.24) is 4.90 Å². The van der Waals surface area contributed by atoms with E-state index in [1.807, 2.05) is 12.1 Å². The molecule has 29 heavy (non-hydrogen) atoms. The van der Waals surface area contributed by atoms with Gasteiger partial charge in [0.1, 0.15) is 16.7 Å². The van der Waals surface area contributed by atoms with Crippen LogP contribution >= 0.6 is 11.8 Å². The number of amides is 2. The highest BCUT2D eigenvalue weighted by Gasteiger charge is 2.37. The number of anilines is 1. The molecule has 0 aromatic heterocycles. The summed E-state index contributed by atoms with van der Waals surface area (Å²) in [5.41, 5.74) is 0.759. The number of para-hydroxylation sites is 2. The van der Waals surface area contributed by atoms with Crippen LogP contribution in [0.25, 0.3) is 0 Å². The molecule has 2 aromatic rings. The zero-order chi connectivity index (χ0) is 21.0. The molecule has 1 fully saturated rings. The van der Waals surface area contributed by atoms with Gasteiger partial charge in [-0.15, -0.1) is 0 Å². The third kappa shape index (κ3) is 4.72. The number of nitro groups is 1. The summed E-state index contributed by atoms with van der Waals surface area (Å²) in [6, 6.07) is 12.8. The molecule has 0 bridgehead atoms. The number of carbonyl (C=O) groups excluding carboxylic acids is 2. The number of nitrogens with zero attached hydrogens (tertiary/aromatic N) is 3. The highest BCUT2D eigenvalue weighted by molar-refractivity contribution is 8.15. The number of amidine groups is 1. The number of thioether (sulfide) groups is 1. The Morgan fingerprint density at radius 3 is 2.79 bits per heavy atom. The maximum Gasteiger partial charge on any atom is 0.271 e. The van der Waals surface area contributed by atoms with E-state index in [0.29, 0.717) is 22.3 Å². The van der Waals surface area contributed by atoms with E-state index in [4.69, 9.17) is 4.74 Å². The molecule has 1 saturated heterocycles. The Bertz CT molecular complexity index is 994. The van der Waals surface area contributed by atoms with Crippen molar-refractivity contribution in [3.8, 4) is 5.75 Å². The van der Waals surface area contributed by atoms with Crippen molar-refractivity contribution < 1.29 is 19.2 Å². The lowest BCUT2D eigenvalue weighted by Gasteiger charge is -2.10. The third-order valence-corrected chi connectivity index (χ3v) is 5.38. The largest absolute Gasteiger partial charge is 0.494 e. The first-order valence-corrected chi connectivity index (χ1v) is 9.47. The third-order valence-electron chi connectivity index (χ3n) is 4.15. The van der Waals surface area contributed by atoms with E-state index in [2.05, 4.69) is 10.3 Å². The zero-order valence-corrected chi connectivity index (χ0v) is 16.5. The molecule has 150 valence electrons. The predicted octanol–water partition coefficient (Wildman–Crippen LogP) is 3.19. The fraction of sp³-hybridized carbons (Fsp3) is 0.211. The molecule has 9 nitrogen and oxygen atoms in total. The lowest BCUT2D eigenvalue weighted by molar-refractivity contribution is -0.384. The van der Waals surface area contributed by atoms with Gasteiger partial charge in [-0.1, -0.05) is 30.0 Å². The number of carbonyl (C=O) groups is 2. The van der Waals surface area contributed by atoms with Gasteiger partial charge in [0.25, 0.3) is 5.69 Å². The number of aliphatic imine (C=N–C) groups is 1. The van der Waals surface area contributed by atoms with Crippen molar-refractivity contribution in [2.45, 2.75) is 11.7 Å². The molecule has 1 unspecified atom stereocenters. The summed E-state index contributed by atoms with van der Waals surface area (Å²) in [4.78, 5) is 41.1. The molecular formula is C19H18N4O5S. The molecule has 0 aliphatic carbocycles. The molecule has 0 spiro atoms. The Labute approximate surface area is 170 Å². The summed E-state index contributed by atoms with van der Waals surface area (Å²) in [7, 11) is 3.14. The standard InChI is InChI=1S/C19H18N4O5S/c1-22-18(25)16(29-19(22)21-14-8-3-4-9-15(14)28-2)11-17(24)20-12-6-5-7-13(10-12)23(26)27/h3-10,16H,11H2,1-2H3,(H,20,24). The highest BCUT2D eigenvalue weighted by Crippen LogP contribution is 2.34. The second kappa shape index (κ2) is 8.74. The van der Waals surface area contributed by atoms with Crippen molar-refractivity contribution in [2.24, 2.45) is 4.99 Å². The van der Waals surface area contributed by atoms with E-state index in [1.165, 1.54) is 42.0 Å². The van der Waals surface area contributed by atoms with Gasteiger partial charge in [0.05, 0.1) is 12.0 Å². The normalized spacial score (nSPS) is 17.4. The first-order chi connectivity index (χ1) is 13.9. The monoisotopic (exact) mass is 414 g/mol. The number of hydrogen-bond donors (Lipinski definition) is 1. The molecule has 3 rings (SSSR count). The fourth-order valence-electron chi connectivity index (χ4n) is 2.70. The number of non-ortho nitro benzene ring substituents is 1. The summed E-state index contributed by atoms with van der Waals surface area (Å²) in [6.07, 6.45) is -0.0819. The van der Waals surface area contributed by atoms with Crippen LogP contribution in [-0.4, -0.2) is 46.2 Å². The number of nitro benzene ring substituents is 1. The van der Waals surface area contributed by atoms with E-state index >= 15 is 0 Å². The Morgan fingerprint density at radius 1 is 1.31 bits per heavy atom. The van der Waals surface area contributed by atoms with Gasteiger partial charge in [-0.3, -0.25) is 24.6 Å². The van der Waals surface area contributed by atoms with Crippen molar-refractivity contribution in [3.63, 3.8) is 0 Å². The van der Waals surface area contributed by atoms with Gasteiger partial charge in [-0.2, -0.15) is 0 Å². The molecular weight excluding hydrogens is 396 g/mol. The highest BCUT2D eigenvalue weighted by atomic mass is 32.2. The first kappa shape index (κ1) is 20.3. The predicted molar refractivity (Wildman–Crippen MR) is 111 cm³/mol. The van der Waals surface area contributed by atoms with Gasteiger partial charge in [-0.25, -0.2) is 4.99 Å². The fourth-order valence-corrected chi connectivity index (χ4v) is 3.85. The number of nitrogens with one attached hydrogen (secondary N) is 1. The Hall–Kier alpha value is -3.40. The molecule has 1 atom stereocenters. The molecule has 0 saturated carbocycles. The van der Waals surface area contributed by atoms with Crippen LogP contribution in [0.5, 0.6) is 5.75 Å². The lowest BCUT2D eigenvalue weighted by Crippen LogP contribution is -2.30. The van der Waals surface area contributed by atoms with E-state index in [1.54, 1.807) is 25.2 Å². The van der Waals surface area contributed by atoms with Crippen LogP contribution in [0.1, 0.15) is 6.42 Å². The maximum absolute atomic E-state index is 12.5. The molecule has 2 aromatic carbocycles. The minimum absolute atomic E-state index is 0.0819. The average Bonchev–Trinajstić information content (AvgIpc) is 2.96. The average molecular weight is 414 g/mol. The van der Waals surface area contributed by atoms with Gasteiger partial charge in [0.2, 0.25) is 11.8 Å². The van der Waals surface area contributed by atoms with Crippen LogP contribution in [0.3, 0.4) is 0 Å². The topological polar surface area (TPSA) is 114 Å². The number of hydrogen-bond acceptors (Lipinski definition) is 7. The summed E-state index contributed by atoms with van der Waals surface area (Å²) >= 11 is 1.19. The summed E-state index contributed by atoms with van der Waals surface area (Å²) in [6.45, 7) is 0. The van der Waals surface area contributed by atoms with Crippen LogP contribution in [0, 0.1) is 10.1 Å². The van der Waals surface area contributed by atoms with Gasteiger partial charge in [0.15, 0.2) is 5.17 Å². The molecule has 1 aliphatic rings. The zero-order valence-electron chi connectivity index (χ0n) is 15.7. The second-order valence-electron chi connectivity index (χ2n) is 6.13. The van der Waals surface area contributed by atoms with Crippen molar-refractivity contribution >= 4 is 45.8 Å². The van der Waals surface area contributed by atoms with Crippen molar-refractivity contribution in [3.05, 3.63) is 58.6 Å². The summed E-state index contributed by atoms with van der Waals surface area (Å²) < 4.78 is 5.27. The SMILES string of the molecule is COc1ccccc1N=C1SC(CC(=O)Nc2cccc([N+](=O)[O-])c2)C(=O)N1C. The van der Waals surface area contributed by atoms with Gasteiger partial charge >= 0.3 is 0 Å². The second-order valence-corrected chi connectivity index (χ2v) is 7.30. The smallest absolute Gasteiger partial charge is 0.271 e. The van der Waals surface area contributed by atoms with E-state index in [0.717, 1.165) is 0 Å². The van der Waals surface area contributed by atoms with Crippen LogP contribution in [-0.2, 0) is 9.59 Å². The molecule has 2 amide bonds. The molecule has 0 radical (unpaired) electrons. The Kier molecular flexibility index (Phi) is 6.13. The van der Waals surface area contributed by atoms with Crippen molar-refractivity contribution in [2.75, 3.05) is 19.5 Å². The number of methoxy groups -OCH3 is 1. The number of rotatable bonds is 6. The first-order valence-electron chi connectivity index (χ1n) is 8.59. The minimum Gasteiger partial charge on any atom is -0.494 e. The number of ether oxygens (including phenoxy) is 1. The number of benzene rings is 2. The van der Waals surface area contributed by atoms with E-state index in [-0.39, 0.29) is 18.0 Å². The molecule has 1 N–H and O–H groups in total. The molecule has 1 heterocycles. The lowest BCUT2D eigenvalue weighted by atomic mass is 10.2. The Balaban J connectivity index is 1.70. The summed E-state index contributed by atoms with van der Waals surface area (Å²) in [5.74, 6) is -0.0746. The van der Waals surface area contributed by atoms with E-state index < -0.39 is 16.1 Å². The van der Waals surface area contributed by atoms with Gasteiger partial charge in [-0.05, 0) is 18.2 Å². The van der Waals surface area contributed by atoms with Gasteiger partial charge in [0, 0.05) is 31.3 Å². The quantitative estimate of drug-likeness (QED) is 0.573. The summed E-state index contributed by atoms with van der Waals surface area (Å²) in [5, 5.41) is 13.3. The van der Waals surface area contributed by atoms with Crippen molar-refractivity contribution in [1.29, 1.82) is 0 Å². The van der Waals surface area contributed by atoms with Crippen LogP contribution in [0.4, 0.5) is 17.1 Å². The Morgan fingerprint density at radius 2 is 2.07 bits per heavy atom. The maximum atomic E-state index is 12.5. The minimum atomic E-state index is -0.632. The molecule has 10 heteroatoms. The van der Waals surface area contributed by atoms with Gasteiger partial charge < -0.3 is 10.1 Å². The van der Waals surface area contributed by atoms with E-state index in [9.17, 15) is 19.7 Å².